The van der Waals surface area contributed by atoms with Crippen LogP contribution in [0.5, 0.6) is 5.75 Å². The standard InChI is InChI=1S/C15H14ClNO2/c1-10-6-12(16)9-13(7-10)17-15(19)8-11-2-4-14(18)5-3-11/h2-7,9,18H,8H2,1H3,(H,17,19). The molecule has 98 valence electrons. The molecule has 0 aliphatic rings. The predicted octanol–water partition coefficient (Wildman–Crippen LogP) is 3.54. The van der Waals surface area contributed by atoms with Crippen molar-refractivity contribution >= 4 is 23.2 Å². The fourth-order valence-corrected chi connectivity index (χ4v) is 2.10. The number of aryl methyl sites for hydroxylation is 1. The Hall–Kier alpha value is -2.00. The van der Waals surface area contributed by atoms with Crippen molar-refractivity contribution in [1.29, 1.82) is 0 Å². The van der Waals surface area contributed by atoms with E-state index in [9.17, 15) is 9.90 Å². The van der Waals surface area contributed by atoms with Crippen LogP contribution >= 0.6 is 11.6 Å². The van der Waals surface area contributed by atoms with Gasteiger partial charge in [0.25, 0.3) is 0 Å². The van der Waals surface area contributed by atoms with Crippen LogP contribution in [0, 0.1) is 6.92 Å². The highest BCUT2D eigenvalue weighted by Gasteiger charge is 2.05. The van der Waals surface area contributed by atoms with E-state index in [-0.39, 0.29) is 18.1 Å². The number of phenols is 1. The molecule has 0 unspecified atom stereocenters. The van der Waals surface area contributed by atoms with Gasteiger partial charge in [-0.1, -0.05) is 23.7 Å². The lowest BCUT2D eigenvalue weighted by molar-refractivity contribution is -0.115. The lowest BCUT2D eigenvalue weighted by atomic mass is 10.1. The Morgan fingerprint density at radius 2 is 1.89 bits per heavy atom. The Kier molecular flexibility index (Phi) is 4.07. The zero-order valence-corrected chi connectivity index (χ0v) is 11.2. The number of carbonyl (C=O) groups excluding carboxylic acids is 1. The summed E-state index contributed by atoms with van der Waals surface area (Å²) < 4.78 is 0. The molecular formula is C15H14ClNO2. The Morgan fingerprint density at radius 3 is 2.53 bits per heavy atom. The number of rotatable bonds is 3. The second kappa shape index (κ2) is 5.76. The van der Waals surface area contributed by atoms with Gasteiger partial charge in [0.2, 0.25) is 5.91 Å². The van der Waals surface area contributed by atoms with Crippen molar-refractivity contribution < 1.29 is 9.90 Å². The van der Waals surface area contributed by atoms with Crippen molar-refractivity contribution in [2.24, 2.45) is 0 Å². The van der Waals surface area contributed by atoms with Crippen molar-refractivity contribution in [2.45, 2.75) is 13.3 Å². The van der Waals surface area contributed by atoms with Crippen LogP contribution in [0.25, 0.3) is 0 Å². The Morgan fingerprint density at radius 1 is 1.21 bits per heavy atom. The van der Waals surface area contributed by atoms with E-state index in [0.717, 1.165) is 11.1 Å². The molecule has 0 radical (unpaired) electrons. The highest BCUT2D eigenvalue weighted by Crippen LogP contribution is 2.19. The minimum Gasteiger partial charge on any atom is -0.508 e. The average molecular weight is 276 g/mol. The summed E-state index contributed by atoms with van der Waals surface area (Å²) in [6, 6.07) is 12.0. The van der Waals surface area contributed by atoms with Crippen molar-refractivity contribution in [1.82, 2.24) is 0 Å². The van der Waals surface area contributed by atoms with Gasteiger partial charge in [0, 0.05) is 10.7 Å². The van der Waals surface area contributed by atoms with Gasteiger partial charge in [-0.15, -0.1) is 0 Å². The van der Waals surface area contributed by atoms with Crippen molar-refractivity contribution in [3.8, 4) is 5.75 Å². The Labute approximate surface area is 116 Å². The molecule has 0 aromatic heterocycles. The number of carbonyl (C=O) groups is 1. The maximum Gasteiger partial charge on any atom is 0.228 e. The molecule has 0 saturated heterocycles. The summed E-state index contributed by atoms with van der Waals surface area (Å²) in [5.74, 6) is 0.0713. The largest absolute Gasteiger partial charge is 0.508 e. The number of aromatic hydroxyl groups is 1. The van der Waals surface area contributed by atoms with Crippen LogP contribution in [0.15, 0.2) is 42.5 Å². The Bertz CT molecular complexity index is 573. The third kappa shape index (κ3) is 4.00. The van der Waals surface area contributed by atoms with Gasteiger partial charge in [-0.2, -0.15) is 0 Å². The molecule has 0 saturated carbocycles. The highest BCUT2D eigenvalue weighted by molar-refractivity contribution is 6.31. The summed E-state index contributed by atoms with van der Waals surface area (Å²) in [5, 5.41) is 12.6. The van der Waals surface area contributed by atoms with Crippen molar-refractivity contribution in [3.05, 3.63) is 58.6 Å². The minimum atomic E-state index is -0.118. The molecule has 2 aromatic carbocycles. The molecule has 4 heteroatoms. The van der Waals surface area contributed by atoms with Crippen LogP contribution in [0.1, 0.15) is 11.1 Å². The number of amides is 1. The predicted molar refractivity (Wildman–Crippen MR) is 76.6 cm³/mol. The maximum atomic E-state index is 11.9. The molecule has 0 atom stereocenters. The molecule has 0 bridgehead atoms. The molecule has 0 spiro atoms. The van der Waals surface area contributed by atoms with Gasteiger partial charge in [-0.25, -0.2) is 0 Å². The van der Waals surface area contributed by atoms with Gasteiger partial charge in [0.15, 0.2) is 0 Å². The fraction of sp³-hybridized carbons (Fsp3) is 0.133. The normalized spacial score (nSPS) is 10.2. The fourth-order valence-electron chi connectivity index (χ4n) is 1.81. The molecule has 2 aromatic rings. The topological polar surface area (TPSA) is 49.3 Å². The number of hydrogen-bond acceptors (Lipinski definition) is 2. The first-order valence-electron chi connectivity index (χ1n) is 5.88. The molecule has 2 N–H and O–H groups in total. The van der Waals surface area contributed by atoms with E-state index in [1.807, 2.05) is 19.1 Å². The zero-order valence-electron chi connectivity index (χ0n) is 10.5. The summed E-state index contributed by atoms with van der Waals surface area (Å²) in [4.78, 5) is 11.9. The van der Waals surface area contributed by atoms with Crippen LogP contribution in [-0.2, 0) is 11.2 Å². The molecule has 0 fully saturated rings. The second-order valence-corrected chi connectivity index (χ2v) is 4.85. The number of hydrogen-bond donors (Lipinski definition) is 2. The first-order valence-corrected chi connectivity index (χ1v) is 6.26. The van der Waals surface area contributed by atoms with E-state index < -0.39 is 0 Å². The van der Waals surface area contributed by atoms with Crippen molar-refractivity contribution in [2.75, 3.05) is 5.32 Å². The Balaban J connectivity index is 2.03. The monoisotopic (exact) mass is 275 g/mol. The van der Waals surface area contributed by atoms with E-state index in [1.54, 1.807) is 30.3 Å². The maximum absolute atomic E-state index is 11.9. The molecule has 2 rings (SSSR count). The molecule has 0 aliphatic heterocycles. The molecule has 19 heavy (non-hydrogen) atoms. The van der Waals surface area contributed by atoms with E-state index in [1.165, 1.54) is 0 Å². The lowest BCUT2D eigenvalue weighted by Crippen LogP contribution is -2.14. The summed E-state index contributed by atoms with van der Waals surface area (Å²) in [6.07, 6.45) is 0.256. The third-order valence-electron chi connectivity index (χ3n) is 2.63. The number of halogens is 1. The van der Waals surface area contributed by atoms with Gasteiger partial charge in [-0.05, 0) is 48.4 Å². The smallest absolute Gasteiger partial charge is 0.228 e. The first kappa shape index (κ1) is 13.4. The number of anilines is 1. The summed E-state index contributed by atoms with van der Waals surface area (Å²) >= 11 is 5.93. The summed E-state index contributed by atoms with van der Waals surface area (Å²) in [7, 11) is 0. The van der Waals surface area contributed by atoms with Gasteiger partial charge >= 0.3 is 0 Å². The minimum absolute atomic E-state index is 0.118. The highest BCUT2D eigenvalue weighted by atomic mass is 35.5. The van der Waals surface area contributed by atoms with Crippen LogP contribution in [0.4, 0.5) is 5.69 Å². The lowest BCUT2D eigenvalue weighted by Gasteiger charge is -2.07. The van der Waals surface area contributed by atoms with Gasteiger partial charge in [-0.3, -0.25) is 4.79 Å². The number of phenolic OH excluding ortho intramolecular Hbond substituents is 1. The van der Waals surface area contributed by atoms with Crippen LogP contribution in [-0.4, -0.2) is 11.0 Å². The SMILES string of the molecule is Cc1cc(Cl)cc(NC(=O)Cc2ccc(O)cc2)c1. The summed E-state index contributed by atoms with van der Waals surface area (Å²) in [5.41, 5.74) is 2.52. The second-order valence-electron chi connectivity index (χ2n) is 4.41. The molecule has 1 amide bonds. The van der Waals surface area contributed by atoms with E-state index in [0.29, 0.717) is 10.7 Å². The average Bonchev–Trinajstić information content (AvgIpc) is 2.30. The third-order valence-corrected chi connectivity index (χ3v) is 2.85. The van der Waals surface area contributed by atoms with Gasteiger partial charge < -0.3 is 10.4 Å². The molecule has 3 nitrogen and oxygen atoms in total. The molecule has 0 heterocycles. The first-order chi connectivity index (χ1) is 9.02. The van der Waals surface area contributed by atoms with E-state index in [4.69, 9.17) is 11.6 Å². The quantitative estimate of drug-likeness (QED) is 0.900. The van der Waals surface area contributed by atoms with Crippen molar-refractivity contribution in [3.63, 3.8) is 0 Å². The van der Waals surface area contributed by atoms with Gasteiger partial charge in [0.05, 0.1) is 6.42 Å². The number of benzene rings is 2. The van der Waals surface area contributed by atoms with Gasteiger partial charge in [0.1, 0.15) is 5.75 Å². The van der Waals surface area contributed by atoms with Crippen LogP contribution in [0.2, 0.25) is 5.02 Å². The van der Waals surface area contributed by atoms with E-state index >= 15 is 0 Å². The molecule has 0 aliphatic carbocycles. The van der Waals surface area contributed by atoms with Crippen LogP contribution in [0.3, 0.4) is 0 Å². The van der Waals surface area contributed by atoms with Crippen LogP contribution < -0.4 is 5.32 Å². The van der Waals surface area contributed by atoms with E-state index in [2.05, 4.69) is 5.32 Å². The number of nitrogens with one attached hydrogen (secondary N) is 1. The zero-order chi connectivity index (χ0) is 13.8. The summed E-state index contributed by atoms with van der Waals surface area (Å²) in [6.45, 7) is 1.92. The molecular weight excluding hydrogens is 262 g/mol.